The smallest absolute Gasteiger partial charge is 0.129 e. The summed E-state index contributed by atoms with van der Waals surface area (Å²) in [6.07, 6.45) is 2.23. The Bertz CT molecular complexity index is 1080. The molecule has 0 saturated heterocycles. The molecule has 4 aromatic rings. The third-order valence-electron chi connectivity index (χ3n) is 4.57. The van der Waals surface area contributed by atoms with E-state index in [2.05, 4.69) is 29.6 Å². The summed E-state index contributed by atoms with van der Waals surface area (Å²) < 4.78 is 0. The molecule has 4 rings (SSSR count). The normalized spacial score (nSPS) is 11.1. The predicted octanol–water partition coefficient (Wildman–Crippen LogP) is 6.19. The summed E-state index contributed by atoms with van der Waals surface area (Å²) >= 11 is 3.34. The number of hydrogen-bond acceptors (Lipinski definition) is 5. The number of pyridine rings is 1. The number of Topliss-reactive ketones (excluding diaryl/α,β-unsaturated/α-hetero) is 1. The predicted molar refractivity (Wildman–Crippen MR) is 116 cm³/mol. The number of carbonyl (C=O) groups excluding carboxylic acids is 1. The fourth-order valence-electron chi connectivity index (χ4n) is 3.25. The van der Waals surface area contributed by atoms with Crippen LogP contribution in [0.4, 0.5) is 5.69 Å². The largest absolute Gasteiger partial charge is 0.397 e. The van der Waals surface area contributed by atoms with E-state index in [0.29, 0.717) is 6.42 Å². The Morgan fingerprint density at radius 2 is 1.96 bits per heavy atom. The van der Waals surface area contributed by atoms with E-state index >= 15 is 0 Å². The first-order valence-electron chi connectivity index (χ1n) is 8.94. The maximum Gasteiger partial charge on any atom is 0.129 e. The summed E-state index contributed by atoms with van der Waals surface area (Å²) in [4.78, 5) is 19.4. The fourth-order valence-corrected chi connectivity index (χ4v) is 5.09. The third-order valence-corrected chi connectivity index (χ3v) is 6.62. The van der Waals surface area contributed by atoms with Gasteiger partial charge in [0.15, 0.2) is 0 Å². The molecule has 2 N–H and O–H groups in total. The molecule has 0 bridgehead atoms. The minimum atomic E-state index is 0.220. The maximum atomic E-state index is 11.3. The number of ketones is 1. The molecule has 0 radical (unpaired) electrons. The van der Waals surface area contributed by atoms with Crippen LogP contribution in [-0.4, -0.2) is 10.8 Å². The molecule has 1 aromatic carbocycles. The molecule has 0 saturated carbocycles. The first-order chi connectivity index (χ1) is 13.1. The molecule has 3 nitrogen and oxygen atoms in total. The summed E-state index contributed by atoms with van der Waals surface area (Å²) in [6, 6.07) is 16.6. The van der Waals surface area contributed by atoms with Gasteiger partial charge in [-0.3, -0.25) is 0 Å². The monoisotopic (exact) mass is 392 g/mol. The molecule has 3 aromatic heterocycles. The molecule has 0 amide bonds. The van der Waals surface area contributed by atoms with Crippen LogP contribution in [0.3, 0.4) is 0 Å². The molecule has 0 spiro atoms. The van der Waals surface area contributed by atoms with E-state index < -0.39 is 0 Å². The van der Waals surface area contributed by atoms with Gasteiger partial charge >= 0.3 is 0 Å². The fraction of sp³-hybridized carbons (Fsp3) is 0.182. The molecular formula is C22H20N2OS2. The van der Waals surface area contributed by atoms with Crippen molar-refractivity contribution in [2.75, 3.05) is 5.73 Å². The van der Waals surface area contributed by atoms with Gasteiger partial charge in [-0.05, 0) is 48.4 Å². The van der Waals surface area contributed by atoms with Crippen LogP contribution in [-0.2, 0) is 11.2 Å². The van der Waals surface area contributed by atoms with Crippen LogP contribution < -0.4 is 5.73 Å². The topological polar surface area (TPSA) is 56.0 Å². The van der Waals surface area contributed by atoms with Crippen molar-refractivity contribution in [3.63, 3.8) is 0 Å². The highest BCUT2D eigenvalue weighted by Crippen LogP contribution is 2.42. The van der Waals surface area contributed by atoms with E-state index in [4.69, 9.17) is 10.7 Å². The number of hydrogen-bond donors (Lipinski definition) is 1. The van der Waals surface area contributed by atoms with Crippen LogP contribution >= 0.6 is 22.7 Å². The second-order valence-corrected chi connectivity index (χ2v) is 8.60. The molecule has 0 aliphatic rings. The zero-order valence-electron chi connectivity index (χ0n) is 15.1. The van der Waals surface area contributed by atoms with Crippen molar-refractivity contribution in [2.45, 2.75) is 26.2 Å². The van der Waals surface area contributed by atoms with Crippen LogP contribution in [0.5, 0.6) is 0 Å². The highest BCUT2D eigenvalue weighted by Gasteiger charge is 2.17. The van der Waals surface area contributed by atoms with Crippen LogP contribution in [0.2, 0.25) is 0 Å². The zero-order chi connectivity index (χ0) is 18.8. The van der Waals surface area contributed by atoms with Gasteiger partial charge in [-0.15, -0.1) is 22.7 Å². The van der Waals surface area contributed by atoms with Crippen molar-refractivity contribution in [3.8, 4) is 21.7 Å². The minimum absolute atomic E-state index is 0.220. The molecule has 3 heterocycles. The van der Waals surface area contributed by atoms with E-state index in [9.17, 15) is 4.79 Å². The van der Waals surface area contributed by atoms with Crippen molar-refractivity contribution < 1.29 is 4.79 Å². The van der Waals surface area contributed by atoms with Crippen molar-refractivity contribution in [2.24, 2.45) is 0 Å². The molecule has 0 unspecified atom stereocenters. The Morgan fingerprint density at radius 3 is 2.67 bits per heavy atom. The van der Waals surface area contributed by atoms with Crippen molar-refractivity contribution in [1.29, 1.82) is 0 Å². The lowest BCUT2D eigenvalue weighted by Gasteiger charge is -2.08. The van der Waals surface area contributed by atoms with Gasteiger partial charge in [0.05, 0.1) is 16.3 Å². The van der Waals surface area contributed by atoms with Crippen molar-refractivity contribution in [3.05, 3.63) is 58.8 Å². The van der Waals surface area contributed by atoms with E-state index in [0.717, 1.165) is 55.3 Å². The van der Waals surface area contributed by atoms with Crippen LogP contribution in [0.1, 0.15) is 24.6 Å². The Hall–Kier alpha value is -2.50. The molecule has 0 fully saturated rings. The van der Waals surface area contributed by atoms with E-state index in [-0.39, 0.29) is 5.78 Å². The summed E-state index contributed by atoms with van der Waals surface area (Å²) in [7, 11) is 0. The minimum Gasteiger partial charge on any atom is -0.397 e. The Labute approximate surface area is 166 Å². The lowest BCUT2D eigenvalue weighted by atomic mass is 10.0. The zero-order valence-corrected chi connectivity index (χ0v) is 16.7. The molecule has 0 atom stereocenters. The number of nitrogen functional groups attached to an aromatic ring is 1. The van der Waals surface area contributed by atoms with Gasteiger partial charge in [-0.1, -0.05) is 36.4 Å². The van der Waals surface area contributed by atoms with E-state index in [1.165, 1.54) is 0 Å². The number of fused-ring (bicyclic) bond motifs is 1. The maximum absolute atomic E-state index is 11.3. The SMILES string of the molecule is CC(=O)CCCc1sc2nc(-c3cccs3)cc(-c3ccccc3)c2c1N. The lowest BCUT2D eigenvalue weighted by molar-refractivity contribution is -0.117. The number of thiophene rings is 2. The molecule has 5 heteroatoms. The first kappa shape index (κ1) is 17.9. The van der Waals surface area contributed by atoms with Gasteiger partial charge in [-0.2, -0.15) is 0 Å². The van der Waals surface area contributed by atoms with Gasteiger partial charge < -0.3 is 10.5 Å². The van der Waals surface area contributed by atoms with Gasteiger partial charge in [0.2, 0.25) is 0 Å². The highest BCUT2D eigenvalue weighted by atomic mass is 32.1. The van der Waals surface area contributed by atoms with Crippen molar-refractivity contribution >= 4 is 44.4 Å². The average Bonchev–Trinajstić information content (AvgIpc) is 3.31. The van der Waals surface area contributed by atoms with Crippen molar-refractivity contribution in [1.82, 2.24) is 4.98 Å². The number of aromatic nitrogens is 1. The van der Waals surface area contributed by atoms with Gasteiger partial charge in [-0.25, -0.2) is 4.98 Å². The molecule has 0 aliphatic carbocycles. The van der Waals surface area contributed by atoms with Crippen LogP contribution in [0.15, 0.2) is 53.9 Å². The average molecular weight is 393 g/mol. The molecule has 27 heavy (non-hydrogen) atoms. The van der Waals surface area contributed by atoms with Crippen LogP contribution in [0.25, 0.3) is 31.9 Å². The standard InChI is InChI=1S/C22H20N2OS2/c1-14(25)7-5-10-19-21(23)20-16(15-8-3-2-4-9-15)13-17(24-22(20)27-19)18-11-6-12-26-18/h2-4,6,8-9,11-13H,5,7,10,23H2,1H3. The number of rotatable bonds is 6. The van der Waals surface area contributed by atoms with Gasteiger partial charge in [0.1, 0.15) is 10.6 Å². The van der Waals surface area contributed by atoms with E-state index in [1.54, 1.807) is 29.6 Å². The number of nitrogens with two attached hydrogens (primary N) is 1. The lowest BCUT2D eigenvalue weighted by Crippen LogP contribution is -1.94. The molecule has 136 valence electrons. The first-order valence-corrected chi connectivity index (χ1v) is 10.6. The second kappa shape index (κ2) is 7.62. The van der Waals surface area contributed by atoms with Gasteiger partial charge in [0.25, 0.3) is 0 Å². The number of nitrogens with zero attached hydrogens (tertiary/aromatic N) is 1. The van der Waals surface area contributed by atoms with E-state index in [1.807, 2.05) is 24.3 Å². The quantitative estimate of drug-likeness (QED) is 0.426. The second-order valence-electron chi connectivity index (χ2n) is 6.57. The highest BCUT2D eigenvalue weighted by molar-refractivity contribution is 7.19. The summed E-state index contributed by atoms with van der Waals surface area (Å²) in [6.45, 7) is 1.64. The molecular weight excluding hydrogens is 372 g/mol. The van der Waals surface area contributed by atoms with Gasteiger partial charge in [0, 0.05) is 16.7 Å². The third kappa shape index (κ3) is 3.66. The summed E-state index contributed by atoms with van der Waals surface area (Å²) in [5.74, 6) is 0.220. The Kier molecular flexibility index (Phi) is 5.05. The number of carbonyl (C=O) groups is 1. The Balaban J connectivity index is 1.87. The Morgan fingerprint density at radius 1 is 1.15 bits per heavy atom. The number of aryl methyl sites for hydroxylation is 1. The van der Waals surface area contributed by atoms with Crippen LogP contribution in [0, 0.1) is 0 Å². The number of benzene rings is 1. The molecule has 0 aliphatic heterocycles. The summed E-state index contributed by atoms with van der Waals surface area (Å²) in [5, 5.41) is 3.10. The number of anilines is 1. The summed E-state index contributed by atoms with van der Waals surface area (Å²) in [5.41, 5.74) is 10.6.